The monoisotopic (exact) mass is 324 g/mol. The lowest BCUT2D eigenvalue weighted by molar-refractivity contribution is 0.565. The Morgan fingerprint density at radius 2 is 1.78 bits per heavy atom. The highest BCUT2D eigenvalue weighted by Gasteiger charge is 2.18. The second kappa shape index (κ2) is 4.98. The molecular formula is C14H14BrClN2. The Morgan fingerprint density at radius 1 is 1.11 bits per heavy atom. The fraction of sp³-hybridized carbons (Fsp3) is 0.286. The fourth-order valence-corrected chi connectivity index (χ4v) is 2.22. The van der Waals surface area contributed by atoms with Crippen molar-refractivity contribution in [1.29, 1.82) is 0 Å². The molecule has 0 saturated carbocycles. The topological polar surface area (TPSA) is 25.8 Å². The molecule has 4 heteroatoms. The van der Waals surface area contributed by atoms with Crippen LogP contribution in [0.15, 0.2) is 35.1 Å². The largest absolute Gasteiger partial charge is 0.227 e. The van der Waals surface area contributed by atoms with E-state index >= 15 is 0 Å². The van der Waals surface area contributed by atoms with E-state index in [1.807, 2.05) is 30.3 Å². The van der Waals surface area contributed by atoms with E-state index in [9.17, 15) is 0 Å². The lowest BCUT2D eigenvalue weighted by atomic mass is 9.91. The minimum absolute atomic E-state index is 0.0263. The van der Waals surface area contributed by atoms with Crippen LogP contribution >= 0.6 is 27.5 Å². The Bertz CT molecular complexity index is 576. The van der Waals surface area contributed by atoms with Crippen molar-refractivity contribution < 1.29 is 0 Å². The molecule has 1 heterocycles. The standard InChI is InChI=1S/C14H14BrClN2/c1-14(2,3)12-8-11(17-13(15)18-12)9-6-4-5-7-10(9)16/h4-8H,1-3H3. The highest BCUT2D eigenvalue weighted by Crippen LogP contribution is 2.30. The molecule has 0 aliphatic rings. The van der Waals surface area contributed by atoms with Crippen molar-refractivity contribution in [2.45, 2.75) is 26.2 Å². The molecule has 0 amide bonds. The quantitative estimate of drug-likeness (QED) is 0.700. The van der Waals surface area contributed by atoms with E-state index in [0.29, 0.717) is 9.76 Å². The zero-order chi connectivity index (χ0) is 13.3. The van der Waals surface area contributed by atoms with Gasteiger partial charge in [0.25, 0.3) is 0 Å². The number of halogens is 2. The van der Waals surface area contributed by atoms with E-state index in [1.165, 1.54) is 0 Å². The van der Waals surface area contributed by atoms with Gasteiger partial charge in [-0.25, -0.2) is 9.97 Å². The molecule has 0 unspecified atom stereocenters. The number of hydrogen-bond donors (Lipinski definition) is 0. The summed E-state index contributed by atoms with van der Waals surface area (Å²) in [5, 5.41) is 0.697. The van der Waals surface area contributed by atoms with Gasteiger partial charge in [0.1, 0.15) is 0 Å². The zero-order valence-corrected chi connectivity index (χ0v) is 12.9. The van der Waals surface area contributed by atoms with E-state index in [-0.39, 0.29) is 5.41 Å². The van der Waals surface area contributed by atoms with E-state index < -0.39 is 0 Å². The molecule has 18 heavy (non-hydrogen) atoms. The van der Waals surface area contributed by atoms with Crippen molar-refractivity contribution in [3.05, 3.63) is 45.8 Å². The lowest BCUT2D eigenvalue weighted by Gasteiger charge is -2.18. The Balaban J connectivity index is 2.60. The van der Waals surface area contributed by atoms with Crippen LogP contribution in [0.5, 0.6) is 0 Å². The first-order chi connectivity index (χ1) is 8.38. The van der Waals surface area contributed by atoms with Gasteiger partial charge in [0, 0.05) is 16.0 Å². The minimum atomic E-state index is -0.0263. The van der Waals surface area contributed by atoms with Crippen molar-refractivity contribution in [3.63, 3.8) is 0 Å². The predicted octanol–water partition coefficient (Wildman–Crippen LogP) is 4.86. The minimum Gasteiger partial charge on any atom is -0.227 e. The van der Waals surface area contributed by atoms with Crippen molar-refractivity contribution in [2.75, 3.05) is 0 Å². The highest BCUT2D eigenvalue weighted by atomic mass is 79.9. The molecule has 0 atom stereocenters. The molecule has 0 spiro atoms. The SMILES string of the molecule is CC(C)(C)c1cc(-c2ccccc2Cl)nc(Br)n1. The van der Waals surface area contributed by atoms with Gasteiger partial charge in [-0.3, -0.25) is 0 Å². The lowest BCUT2D eigenvalue weighted by Crippen LogP contribution is -2.14. The van der Waals surface area contributed by atoms with E-state index in [1.54, 1.807) is 0 Å². The summed E-state index contributed by atoms with van der Waals surface area (Å²) in [5.41, 5.74) is 2.72. The van der Waals surface area contributed by atoms with Crippen molar-refractivity contribution in [2.24, 2.45) is 0 Å². The van der Waals surface area contributed by atoms with Crippen LogP contribution in [-0.2, 0) is 5.41 Å². The van der Waals surface area contributed by atoms with E-state index in [4.69, 9.17) is 11.6 Å². The maximum atomic E-state index is 6.20. The zero-order valence-electron chi connectivity index (χ0n) is 10.5. The van der Waals surface area contributed by atoms with Crippen molar-refractivity contribution in [1.82, 2.24) is 9.97 Å². The molecule has 2 aromatic rings. The number of aromatic nitrogens is 2. The van der Waals surface area contributed by atoms with Gasteiger partial charge in [-0.05, 0) is 28.1 Å². The predicted molar refractivity (Wildman–Crippen MR) is 78.9 cm³/mol. The van der Waals surface area contributed by atoms with Gasteiger partial charge in [-0.2, -0.15) is 0 Å². The van der Waals surface area contributed by atoms with Gasteiger partial charge < -0.3 is 0 Å². The summed E-state index contributed by atoms with van der Waals surface area (Å²) < 4.78 is 0.588. The molecule has 0 fully saturated rings. The normalized spacial score (nSPS) is 11.6. The molecule has 0 bridgehead atoms. The van der Waals surface area contributed by atoms with Crippen LogP contribution in [0.4, 0.5) is 0 Å². The maximum Gasteiger partial charge on any atom is 0.197 e. The third-order valence-corrected chi connectivity index (χ3v) is 3.30. The van der Waals surface area contributed by atoms with Crippen molar-refractivity contribution >= 4 is 27.5 Å². The van der Waals surface area contributed by atoms with Crippen LogP contribution in [0.3, 0.4) is 0 Å². The molecule has 2 nitrogen and oxygen atoms in total. The third kappa shape index (κ3) is 2.90. The molecule has 0 aliphatic heterocycles. The van der Waals surface area contributed by atoms with Gasteiger partial charge in [0.15, 0.2) is 4.73 Å². The summed E-state index contributed by atoms with van der Waals surface area (Å²) in [6.45, 7) is 6.37. The highest BCUT2D eigenvalue weighted by molar-refractivity contribution is 9.10. The molecule has 94 valence electrons. The Hall–Kier alpha value is -0.930. The Morgan fingerprint density at radius 3 is 2.39 bits per heavy atom. The summed E-state index contributed by atoms with van der Waals surface area (Å²) in [4.78, 5) is 8.82. The summed E-state index contributed by atoms with van der Waals surface area (Å²) in [6.07, 6.45) is 0. The molecule has 1 aromatic carbocycles. The first-order valence-electron chi connectivity index (χ1n) is 5.68. The van der Waals surface area contributed by atoms with Crippen molar-refractivity contribution in [3.8, 4) is 11.3 Å². The number of nitrogens with zero attached hydrogens (tertiary/aromatic N) is 2. The molecular weight excluding hydrogens is 312 g/mol. The number of hydrogen-bond acceptors (Lipinski definition) is 2. The third-order valence-electron chi connectivity index (χ3n) is 2.62. The van der Waals surface area contributed by atoms with Gasteiger partial charge in [0.2, 0.25) is 0 Å². The van der Waals surface area contributed by atoms with Crippen LogP contribution in [0.25, 0.3) is 11.3 Å². The van der Waals surface area contributed by atoms with E-state index in [0.717, 1.165) is 17.0 Å². The number of benzene rings is 1. The van der Waals surface area contributed by atoms with Gasteiger partial charge >= 0.3 is 0 Å². The molecule has 0 saturated heterocycles. The van der Waals surface area contributed by atoms with Crippen LogP contribution < -0.4 is 0 Å². The summed E-state index contributed by atoms with van der Waals surface area (Å²) in [6, 6.07) is 9.68. The van der Waals surface area contributed by atoms with Gasteiger partial charge in [-0.1, -0.05) is 50.6 Å². The summed E-state index contributed by atoms with van der Waals surface area (Å²) in [7, 11) is 0. The molecule has 0 aliphatic carbocycles. The summed E-state index contributed by atoms with van der Waals surface area (Å²) in [5.74, 6) is 0. The second-order valence-corrected chi connectivity index (χ2v) is 6.25. The number of rotatable bonds is 1. The average molecular weight is 326 g/mol. The summed E-state index contributed by atoms with van der Waals surface area (Å²) >= 11 is 9.56. The van der Waals surface area contributed by atoms with Gasteiger partial charge in [-0.15, -0.1) is 0 Å². The van der Waals surface area contributed by atoms with Crippen LogP contribution in [0, 0.1) is 0 Å². The molecule has 1 aromatic heterocycles. The second-order valence-electron chi connectivity index (χ2n) is 5.14. The van der Waals surface area contributed by atoms with Gasteiger partial charge in [0.05, 0.1) is 11.4 Å². The average Bonchev–Trinajstić information content (AvgIpc) is 2.27. The molecule has 2 rings (SSSR count). The Kier molecular flexibility index (Phi) is 3.74. The Labute approximate surface area is 121 Å². The first-order valence-corrected chi connectivity index (χ1v) is 6.85. The van der Waals surface area contributed by atoms with E-state index in [2.05, 4.69) is 46.7 Å². The van der Waals surface area contributed by atoms with Crippen LogP contribution in [0.2, 0.25) is 5.02 Å². The molecule has 0 radical (unpaired) electrons. The maximum absolute atomic E-state index is 6.20. The first kappa shape index (κ1) is 13.5. The molecule has 0 N–H and O–H groups in total. The fourth-order valence-electron chi connectivity index (χ4n) is 1.61. The van der Waals surface area contributed by atoms with Crippen LogP contribution in [-0.4, -0.2) is 9.97 Å². The smallest absolute Gasteiger partial charge is 0.197 e. The van der Waals surface area contributed by atoms with Crippen LogP contribution in [0.1, 0.15) is 26.5 Å².